The zero-order valence-electron chi connectivity index (χ0n) is 15.6. The molecule has 3 aromatic rings. The third kappa shape index (κ3) is 6.35. The molecule has 1 amide bonds. The van der Waals surface area contributed by atoms with Gasteiger partial charge < -0.3 is 14.8 Å². The smallest absolute Gasteiger partial charge is 0.269 e. The molecule has 0 aliphatic rings. The summed E-state index contributed by atoms with van der Waals surface area (Å²) in [4.78, 5) is 22.2. The second-order valence-corrected chi connectivity index (χ2v) is 6.20. The highest BCUT2D eigenvalue weighted by Crippen LogP contribution is 2.19. The van der Waals surface area contributed by atoms with Gasteiger partial charge in [-0.15, -0.1) is 0 Å². The molecule has 0 spiro atoms. The number of nitrogens with one attached hydrogen (secondary N) is 1. The lowest BCUT2D eigenvalue weighted by Crippen LogP contribution is -2.20. The number of non-ortho nitro benzene ring substituents is 1. The Morgan fingerprint density at radius 2 is 1.66 bits per heavy atom. The first-order chi connectivity index (χ1) is 14.1. The van der Waals surface area contributed by atoms with Crippen molar-refractivity contribution in [3.05, 3.63) is 94.5 Å². The molecule has 1 N–H and O–H groups in total. The van der Waals surface area contributed by atoms with Crippen LogP contribution in [0.1, 0.15) is 5.56 Å². The SMILES string of the molecule is O=C(COc1ccc([N+](=O)[O-])cc1)Nc1cccc(OCCc2ccccc2)c1. The fourth-order valence-corrected chi connectivity index (χ4v) is 2.61. The molecule has 0 radical (unpaired) electrons. The zero-order valence-corrected chi connectivity index (χ0v) is 15.6. The lowest BCUT2D eigenvalue weighted by molar-refractivity contribution is -0.384. The molecular formula is C22H20N2O5. The Labute approximate surface area is 168 Å². The molecule has 0 aromatic heterocycles. The van der Waals surface area contributed by atoms with Crippen molar-refractivity contribution in [2.45, 2.75) is 6.42 Å². The first-order valence-electron chi connectivity index (χ1n) is 9.04. The topological polar surface area (TPSA) is 90.7 Å². The average molecular weight is 392 g/mol. The molecule has 0 aliphatic carbocycles. The van der Waals surface area contributed by atoms with E-state index in [1.165, 1.54) is 29.8 Å². The minimum Gasteiger partial charge on any atom is -0.493 e. The highest BCUT2D eigenvalue weighted by Gasteiger charge is 2.07. The summed E-state index contributed by atoms with van der Waals surface area (Å²) >= 11 is 0. The van der Waals surface area contributed by atoms with Crippen LogP contribution in [0.5, 0.6) is 11.5 Å². The summed E-state index contributed by atoms with van der Waals surface area (Å²) in [7, 11) is 0. The molecule has 3 aromatic carbocycles. The normalized spacial score (nSPS) is 10.2. The van der Waals surface area contributed by atoms with Crippen molar-refractivity contribution in [3.63, 3.8) is 0 Å². The van der Waals surface area contributed by atoms with Crippen LogP contribution in [0.15, 0.2) is 78.9 Å². The third-order valence-corrected chi connectivity index (χ3v) is 4.04. The Morgan fingerprint density at radius 1 is 0.897 bits per heavy atom. The number of carbonyl (C=O) groups is 1. The van der Waals surface area contributed by atoms with Gasteiger partial charge in [0.25, 0.3) is 11.6 Å². The van der Waals surface area contributed by atoms with Crippen LogP contribution in [0.3, 0.4) is 0 Å². The number of ether oxygens (including phenoxy) is 2. The average Bonchev–Trinajstić information content (AvgIpc) is 2.74. The molecule has 148 valence electrons. The van der Waals surface area contributed by atoms with Gasteiger partial charge >= 0.3 is 0 Å². The van der Waals surface area contributed by atoms with Gasteiger partial charge in [-0.25, -0.2) is 0 Å². The first-order valence-corrected chi connectivity index (χ1v) is 9.04. The van der Waals surface area contributed by atoms with E-state index in [2.05, 4.69) is 5.32 Å². The quantitative estimate of drug-likeness (QED) is 0.435. The molecule has 0 unspecified atom stereocenters. The van der Waals surface area contributed by atoms with Crippen molar-refractivity contribution in [3.8, 4) is 11.5 Å². The van der Waals surface area contributed by atoms with Crippen LogP contribution in [-0.4, -0.2) is 24.0 Å². The minimum absolute atomic E-state index is 0.0362. The molecule has 0 heterocycles. The Morgan fingerprint density at radius 3 is 2.38 bits per heavy atom. The maximum absolute atomic E-state index is 12.1. The van der Waals surface area contributed by atoms with Gasteiger partial charge in [-0.05, 0) is 29.8 Å². The van der Waals surface area contributed by atoms with Gasteiger partial charge in [0.15, 0.2) is 6.61 Å². The fourth-order valence-electron chi connectivity index (χ4n) is 2.61. The molecule has 0 aliphatic heterocycles. The van der Waals surface area contributed by atoms with Crippen molar-refractivity contribution in [1.82, 2.24) is 0 Å². The standard InChI is InChI=1S/C22H20N2O5/c25-22(16-29-20-11-9-19(10-12-20)24(26)27)23-18-7-4-8-21(15-18)28-14-13-17-5-2-1-3-6-17/h1-12,15H,13-14,16H2,(H,23,25). The Hall–Kier alpha value is -3.87. The van der Waals surface area contributed by atoms with E-state index in [-0.39, 0.29) is 18.2 Å². The molecule has 7 nitrogen and oxygen atoms in total. The second kappa shape index (κ2) is 9.89. The van der Waals surface area contributed by atoms with E-state index >= 15 is 0 Å². The summed E-state index contributed by atoms with van der Waals surface area (Å²) in [6.07, 6.45) is 0.792. The summed E-state index contributed by atoms with van der Waals surface area (Å²) in [5.41, 5.74) is 1.76. The van der Waals surface area contributed by atoms with E-state index in [4.69, 9.17) is 9.47 Å². The Bertz CT molecular complexity index is 958. The number of amides is 1. The van der Waals surface area contributed by atoms with Gasteiger partial charge in [-0.3, -0.25) is 14.9 Å². The second-order valence-electron chi connectivity index (χ2n) is 6.20. The van der Waals surface area contributed by atoms with Crippen LogP contribution in [-0.2, 0) is 11.2 Å². The van der Waals surface area contributed by atoms with E-state index in [9.17, 15) is 14.9 Å². The van der Waals surface area contributed by atoms with E-state index in [1.807, 2.05) is 36.4 Å². The highest BCUT2D eigenvalue weighted by molar-refractivity contribution is 5.92. The van der Waals surface area contributed by atoms with Gasteiger partial charge in [-0.1, -0.05) is 36.4 Å². The molecule has 0 saturated heterocycles. The first kappa shape index (κ1) is 19.9. The van der Waals surface area contributed by atoms with E-state index in [1.54, 1.807) is 18.2 Å². The monoisotopic (exact) mass is 392 g/mol. The Balaban J connectivity index is 1.46. The van der Waals surface area contributed by atoms with Gasteiger partial charge in [0.1, 0.15) is 11.5 Å². The Kier molecular flexibility index (Phi) is 6.78. The fraction of sp³-hybridized carbons (Fsp3) is 0.136. The molecule has 0 saturated carbocycles. The van der Waals surface area contributed by atoms with Gasteiger partial charge in [0, 0.05) is 30.3 Å². The largest absolute Gasteiger partial charge is 0.493 e. The predicted octanol–water partition coefficient (Wildman–Crippen LogP) is 4.23. The molecule has 29 heavy (non-hydrogen) atoms. The van der Waals surface area contributed by atoms with Gasteiger partial charge in [0.05, 0.1) is 11.5 Å². The van der Waals surface area contributed by atoms with Crippen LogP contribution in [0.2, 0.25) is 0 Å². The number of hydrogen-bond acceptors (Lipinski definition) is 5. The van der Waals surface area contributed by atoms with Crippen LogP contribution in [0, 0.1) is 10.1 Å². The zero-order chi connectivity index (χ0) is 20.5. The summed E-state index contributed by atoms with van der Waals surface area (Å²) in [5.74, 6) is 0.698. The number of nitro groups is 1. The van der Waals surface area contributed by atoms with Crippen molar-refractivity contribution >= 4 is 17.3 Å². The number of nitrogens with zero attached hydrogens (tertiary/aromatic N) is 1. The predicted molar refractivity (Wildman–Crippen MR) is 109 cm³/mol. The number of benzene rings is 3. The molecule has 7 heteroatoms. The summed E-state index contributed by atoms with van der Waals surface area (Å²) in [6, 6.07) is 22.7. The van der Waals surface area contributed by atoms with Gasteiger partial charge in [0.2, 0.25) is 0 Å². The van der Waals surface area contributed by atoms with Crippen molar-refractivity contribution in [1.29, 1.82) is 0 Å². The highest BCUT2D eigenvalue weighted by atomic mass is 16.6. The maximum Gasteiger partial charge on any atom is 0.269 e. The number of anilines is 1. The molecular weight excluding hydrogens is 372 g/mol. The van der Waals surface area contributed by atoms with Crippen molar-refractivity contribution < 1.29 is 19.2 Å². The third-order valence-electron chi connectivity index (χ3n) is 4.04. The van der Waals surface area contributed by atoms with Crippen LogP contribution in [0.25, 0.3) is 0 Å². The number of hydrogen-bond donors (Lipinski definition) is 1. The summed E-state index contributed by atoms with van der Waals surface area (Å²) in [6.45, 7) is 0.321. The molecule has 3 rings (SSSR count). The maximum atomic E-state index is 12.1. The lowest BCUT2D eigenvalue weighted by atomic mass is 10.2. The van der Waals surface area contributed by atoms with Crippen LogP contribution in [0.4, 0.5) is 11.4 Å². The van der Waals surface area contributed by atoms with E-state index in [0.29, 0.717) is 23.8 Å². The number of carbonyl (C=O) groups excluding carboxylic acids is 1. The number of nitro benzene ring substituents is 1. The number of rotatable bonds is 9. The molecule has 0 fully saturated rings. The lowest BCUT2D eigenvalue weighted by Gasteiger charge is -2.10. The minimum atomic E-state index is -0.495. The van der Waals surface area contributed by atoms with Crippen LogP contribution < -0.4 is 14.8 Å². The van der Waals surface area contributed by atoms with Crippen molar-refractivity contribution in [2.24, 2.45) is 0 Å². The van der Waals surface area contributed by atoms with Gasteiger partial charge in [-0.2, -0.15) is 0 Å². The van der Waals surface area contributed by atoms with E-state index in [0.717, 1.165) is 6.42 Å². The van der Waals surface area contributed by atoms with E-state index < -0.39 is 4.92 Å². The van der Waals surface area contributed by atoms with Crippen molar-refractivity contribution in [2.75, 3.05) is 18.5 Å². The molecule has 0 atom stereocenters. The molecule has 0 bridgehead atoms. The summed E-state index contributed by atoms with van der Waals surface area (Å²) < 4.78 is 11.1. The van der Waals surface area contributed by atoms with Crippen LogP contribution >= 0.6 is 0 Å². The summed E-state index contributed by atoms with van der Waals surface area (Å²) in [5, 5.41) is 13.4.